The summed E-state index contributed by atoms with van der Waals surface area (Å²) in [5, 5.41) is 20.4. The number of nitrogens with one attached hydrogen (secondary N) is 1. The Labute approximate surface area is 157 Å². The fourth-order valence-electron chi connectivity index (χ4n) is 3.64. The normalized spacial score (nSPS) is 17.6. The van der Waals surface area contributed by atoms with E-state index < -0.39 is 5.97 Å². The molecule has 2 N–H and O–H groups in total. The number of hydrogen-bond acceptors (Lipinski definition) is 4. The Bertz CT molecular complexity index is 841. The molecular formula is C20H22N4O3. The third-order valence-corrected chi connectivity index (χ3v) is 5.33. The molecule has 2 heterocycles. The van der Waals surface area contributed by atoms with Crippen molar-refractivity contribution >= 4 is 17.8 Å². The van der Waals surface area contributed by atoms with E-state index in [9.17, 15) is 14.7 Å². The van der Waals surface area contributed by atoms with Crippen LogP contribution in [0.1, 0.15) is 59.1 Å². The molecule has 1 aromatic heterocycles. The standard InChI is InChI=1S/C20H22N4O3/c25-19(26)16-4-2-1-3-15(16)13-9-11-24(12-10-13)20(27)21-18-8-7-17(22-23-18)14-5-6-14/h1-4,7-8,13-14H,5-6,9-12H2,(H,25,26)(H,21,23,27). The van der Waals surface area contributed by atoms with Gasteiger partial charge in [-0.05, 0) is 55.4 Å². The average Bonchev–Trinajstić information content (AvgIpc) is 3.54. The molecule has 140 valence electrons. The fourth-order valence-corrected chi connectivity index (χ4v) is 3.64. The topological polar surface area (TPSA) is 95.4 Å². The van der Waals surface area contributed by atoms with Gasteiger partial charge in [-0.1, -0.05) is 18.2 Å². The third-order valence-electron chi connectivity index (χ3n) is 5.33. The van der Waals surface area contributed by atoms with Crippen LogP contribution in [0, 0.1) is 0 Å². The summed E-state index contributed by atoms with van der Waals surface area (Å²) in [6.07, 6.45) is 3.81. The lowest BCUT2D eigenvalue weighted by Gasteiger charge is -2.32. The molecule has 2 aliphatic rings. The molecular weight excluding hydrogens is 344 g/mol. The number of carbonyl (C=O) groups is 2. The maximum absolute atomic E-state index is 12.5. The highest BCUT2D eigenvalue weighted by molar-refractivity contribution is 5.90. The minimum absolute atomic E-state index is 0.152. The second-order valence-electron chi connectivity index (χ2n) is 7.20. The van der Waals surface area contributed by atoms with Gasteiger partial charge in [0.15, 0.2) is 5.82 Å². The summed E-state index contributed by atoms with van der Waals surface area (Å²) in [5.41, 5.74) is 2.20. The summed E-state index contributed by atoms with van der Waals surface area (Å²) < 4.78 is 0. The molecule has 0 spiro atoms. The van der Waals surface area contributed by atoms with Crippen molar-refractivity contribution < 1.29 is 14.7 Å². The number of rotatable bonds is 4. The zero-order chi connectivity index (χ0) is 18.8. The first-order valence-electron chi connectivity index (χ1n) is 9.33. The quantitative estimate of drug-likeness (QED) is 0.864. The molecule has 2 aromatic rings. The van der Waals surface area contributed by atoms with E-state index in [1.165, 1.54) is 12.8 Å². The lowest BCUT2D eigenvalue weighted by Crippen LogP contribution is -2.40. The van der Waals surface area contributed by atoms with Gasteiger partial charge in [-0.2, -0.15) is 5.10 Å². The number of nitrogens with zero attached hydrogens (tertiary/aromatic N) is 3. The van der Waals surface area contributed by atoms with Crippen LogP contribution >= 0.6 is 0 Å². The van der Waals surface area contributed by atoms with Crippen LogP contribution in [0.5, 0.6) is 0 Å². The van der Waals surface area contributed by atoms with Crippen LogP contribution in [0.4, 0.5) is 10.6 Å². The Morgan fingerprint density at radius 1 is 0.963 bits per heavy atom. The Hall–Kier alpha value is -2.96. The second kappa shape index (κ2) is 7.34. The van der Waals surface area contributed by atoms with E-state index in [0.29, 0.717) is 30.4 Å². The molecule has 1 saturated heterocycles. The molecule has 1 saturated carbocycles. The molecule has 0 bridgehead atoms. The first-order chi connectivity index (χ1) is 13.1. The Morgan fingerprint density at radius 2 is 1.70 bits per heavy atom. The number of carbonyl (C=O) groups excluding carboxylic acids is 1. The average molecular weight is 366 g/mol. The molecule has 2 fully saturated rings. The summed E-state index contributed by atoms with van der Waals surface area (Å²) in [6, 6.07) is 10.7. The molecule has 7 heteroatoms. The van der Waals surface area contributed by atoms with Crippen LogP contribution in [-0.2, 0) is 0 Å². The summed E-state index contributed by atoms with van der Waals surface area (Å²) in [5.74, 6) is 0.246. The molecule has 0 unspecified atom stereocenters. The number of benzene rings is 1. The molecule has 1 aliphatic carbocycles. The number of likely N-dealkylation sites (tertiary alicyclic amines) is 1. The summed E-state index contributed by atoms with van der Waals surface area (Å²) in [4.78, 5) is 25.6. The number of hydrogen-bond donors (Lipinski definition) is 2. The number of carboxylic acid groups (broad SMARTS) is 1. The van der Waals surface area contributed by atoms with Gasteiger partial charge in [-0.15, -0.1) is 5.10 Å². The first-order valence-corrected chi connectivity index (χ1v) is 9.33. The molecule has 7 nitrogen and oxygen atoms in total. The van der Waals surface area contributed by atoms with E-state index in [2.05, 4.69) is 15.5 Å². The zero-order valence-electron chi connectivity index (χ0n) is 15.0. The lowest BCUT2D eigenvalue weighted by atomic mass is 9.86. The van der Waals surface area contributed by atoms with Crippen LogP contribution in [0.2, 0.25) is 0 Å². The van der Waals surface area contributed by atoms with Gasteiger partial charge in [-0.3, -0.25) is 5.32 Å². The van der Waals surface area contributed by atoms with E-state index >= 15 is 0 Å². The zero-order valence-corrected chi connectivity index (χ0v) is 15.0. The number of piperidine rings is 1. The molecule has 4 rings (SSSR count). The van der Waals surface area contributed by atoms with Crippen LogP contribution in [0.25, 0.3) is 0 Å². The molecule has 0 radical (unpaired) electrons. The van der Waals surface area contributed by atoms with Gasteiger partial charge in [0.25, 0.3) is 0 Å². The fraction of sp³-hybridized carbons (Fsp3) is 0.400. The predicted octanol–water partition coefficient (Wildman–Crippen LogP) is 3.46. The van der Waals surface area contributed by atoms with Gasteiger partial charge < -0.3 is 10.0 Å². The largest absolute Gasteiger partial charge is 0.478 e. The predicted molar refractivity (Wildman–Crippen MR) is 100.0 cm³/mol. The van der Waals surface area contributed by atoms with Gasteiger partial charge >= 0.3 is 12.0 Å². The Balaban J connectivity index is 1.34. The number of carboxylic acids is 1. The van der Waals surface area contributed by atoms with Gasteiger partial charge in [0.2, 0.25) is 0 Å². The molecule has 1 aliphatic heterocycles. The number of aromatic nitrogens is 2. The van der Waals surface area contributed by atoms with Crippen LogP contribution < -0.4 is 5.32 Å². The Morgan fingerprint density at radius 3 is 2.33 bits per heavy atom. The summed E-state index contributed by atoms with van der Waals surface area (Å²) >= 11 is 0. The van der Waals surface area contributed by atoms with Crippen molar-refractivity contribution in [1.82, 2.24) is 15.1 Å². The smallest absolute Gasteiger partial charge is 0.335 e. The van der Waals surface area contributed by atoms with Gasteiger partial charge in [0, 0.05) is 19.0 Å². The minimum atomic E-state index is -0.904. The van der Waals surface area contributed by atoms with E-state index in [1.807, 2.05) is 18.2 Å². The van der Waals surface area contributed by atoms with Crippen molar-refractivity contribution in [2.45, 2.75) is 37.5 Å². The van der Waals surface area contributed by atoms with Gasteiger partial charge in [0.05, 0.1) is 11.3 Å². The number of aromatic carboxylic acids is 1. The van der Waals surface area contributed by atoms with E-state index in [-0.39, 0.29) is 11.9 Å². The van der Waals surface area contributed by atoms with E-state index in [4.69, 9.17) is 0 Å². The molecule has 2 amide bonds. The maximum Gasteiger partial charge on any atom is 0.335 e. The van der Waals surface area contributed by atoms with E-state index in [1.54, 1.807) is 23.1 Å². The number of urea groups is 1. The van der Waals surface area contributed by atoms with Crippen LogP contribution in [-0.4, -0.2) is 45.3 Å². The summed E-state index contributed by atoms with van der Waals surface area (Å²) in [7, 11) is 0. The third kappa shape index (κ3) is 3.92. The lowest BCUT2D eigenvalue weighted by molar-refractivity contribution is 0.0694. The minimum Gasteiger partial charge on any atom is -0.478 e. The Kier molecular flexibility index (Phi) is 4.75. The molecule has 27 heavy (non-hydrogen) atoms. The van der Waals surface area contributed by atoms with Crippen molar-refractivity contribution in [1.29, 1.82) is 0 Å². The van der Waals surface area contributed by atoms with Crippen LogP contribution in [0.15, 0.2) is 36.4 Å². The highest BCUT2D eigenvalue weighted by Gasteiger charge is 2.27. The second-order valence-corrected chi connectivity index (χ2v) is 7.20. The van der Waals surface area contributed by atoms with Crippen molar-refractivity contribution in [3.63, 3.8) is 0 Å². The van der Waals surface area contributed by atoms with Gasteiger partial charge in [-0.25, -0.2) is 9.59 Å². The highest BCUT2D eigenvalue weighted by atomic mass is 16.4. The van der Waals surface area contributed by atoms with E-state index in [0.717, 1.165) is 24.1 Å². The van der Waals surface area contributed by atoms with Crippen molar-refractivity contribution in [3.05, 3.63) is 53.2 Å². The van der Waals surface area contributed by atoms with Crippen LogP contribution in [0.3, 0.4) is 0 Å². The number of amides is 2. The van der Waals surface area contributed by atoms with Crippen molar-refractivity contribution in [2.75, 3.05) is 18.4 Å². The maximum atomic E-state index is 12.5. The monoisotopic (exact) mass is 366 g/mol. The number of anilines is 1. The first kappa shape index (κ1) is 17.5. The summed E-state index contributed by atoms with van der Waals surface area (Å²) in [6.45, 7) is 1.16. The van der Waals surface area contributed by atoms with Crippen molar-refractivity contribution in [2.24, 2.45) is 0 Å². The van der Waals surface area contributed by atoms with Gasteiger partial charge in [0.1, 0.15) is 0 Å². The SMILES string of the molecule is O=C(O)c1ccccc1C1CCN(C(=O)Nc2ccc(C3CC3)nn2)CC1. The van der Waals surface area contributed by atoms with Crippen molar-refractivity contribution in [3.8, 4) is 0 Å². The highest BCUT2D eigenvalue weighted by Crippen LogP contribution is 2.38. The molecule has 0 atom stereocenters. The molecule has 1 aromatic carbocycles.